The Bertz CT molecular complexity index is 1180. The number of rotatable bonds is 9. The van der Waals surface area contributed by atoms with E-state index < -0.39 is 0 Å². The van der Waals surface area contributed by atoms with E-state index >= 15 is 0 Å². The molecule has 0 radical (unpaired) electrons. The van der Waals surface area contributed by atoms with Gasteiger partial charge in [-0.2, -0.15) is 5.10 Å². The van der Waals surface area contributed by atoms with Gasteiger partial charge in [0, 0.05) is 43.8 Å². The van der Waals surface area contributed by atoms with Crippen molar-refractivity contribution in [2.75, 3.05) is 7.05 Å². The zero-order valence-corrected chi connectivity index (χ0v) is 19.4. The van der Waals surface area contributed by atoms with Crippen molar-refractivity contribution in [3.63, 3.8) is 0 Å². The molecule has 0 saturated heterocycles. The zero-order chi connectivity index (χ0) is 23.2. The smallest absolute Gasteiger partial charge is 0.223 e. The molecule has 6 heteroatoms. The van der Waals surface area contributed by atoms with Crippen LogP contribution in [0.4, 0.5) is 0 Å². The minimum atomic E-state index is 0.0419. The molecule has 2 aromatic carbocycles. The van der Waals surface area contributed by atoms with Gasteiger partial charge in [0.05, 0.1) is 18.1 Å². The molecule has 1 amide bonds. The van der Waals surface area contributed by atoms with E-state index in [-0.39, 0.29) is 5.91 Å². The third kappa shape index (κ3) is 5.98. The van der Waals surface area contributed by atoms with Gasteiger partial charge >= 0.3 is 0 Å². The van der Waals surface area contributed by atoms with Crippen LogP contribution in [0.2, 0.25) is 0 Å². The fourth-order valence-electron chi connectivity index (χ4n) is 3.77. The van der Waals surface area contributed by atoms with Gasteiger partial charge in [0.15, 0.2) is 11.7 Å². The molecule has 33 heavy (non-hydrogen) atoms. The summed E-state index contributed by atoms with van der Waals surface area (Å²) in [4.78, 5) is 18.7. The lowest BCUT2D eigenvalue weighted by Crippen LogP contribution is -2.26. The van der Waals surface area contributed by atoms with Crippen molar-refractivity contribution in [1.29, 1.82) is 0 Å². The molecule has 4 aromatic rings. The molecule has 0 atom stereocenters. The number of aryl methyl sites for hydroxylation is 1. The molecule has 170 valence electrons. The summed E-state index contributed by atoms with van der Waals surface area (Å²) in [6.07, 6.45) is 7.35. The number of aromatic nitrogens is 3. The molecular formula is C27H30N4O2. The van der Waals surface area contributed by atoms with E-state index in [4.69, 9.17) is 4.42 Å². The molecule has 0 aliphatic carbocycles. The number of carbonyl (C=O) groups excluding carboxylic acids is 1. The van der Waals surface area contributed by atoms with Gasteiger partial charge in [-0.1, -0.05) is 56.3 Å². The number of hydrogen-bond acceptors (Lipinski definition) is 4. The Kier molecular flexibility index (Phi) is 7.03. The van der Waals surface area contributed by atoms with E-state index in [2.05, 4.69) is 48.2 Å². The summed E-state index contributed by atoms with van der Waals surface area (Å²) in [7, 11) is 1.81. The van der Waals surface area contributed by atoms with Crippen molar-refractivity contribution in [2.45, 2.75) is 39.7 Å². The van der Waals surface area contributed by atoms with Crippen LogP contribution in [-0.2, 0) is 24.2 Å². The van der Waals surface area contributed by atoms with Gasteiger partial charge < -0.3 is 9.32 Å². The lowest BCUT2D eigenvalue weighted by atomic mass is 10.0. The molecule has 2 aromatic heterocycles. The Labute approximate surface area is 194 Å². The SMILES string of the molecule is CC(C)Cc1ccc(-c2cnc(CCC(=O)N(C)Cc3cnn(-c4ccccc4)c3)o2)cc1. The average Bonchev–Trinajstić information content (AvgIpc) is 3.48. The predicted octanol–water partition coefficient (Wildman–Crippen LogP) is 5.32. The number of para-hydroxylation sites is 1. The summed E-state index contributed by atoms with van der Waals surface area (Å²) < 4.78 is 7.71. The van der Waals surface area contributed by atoms with Crippen molar-refractivity contribution in [3.05, 3.63) is 90.2 Å². The van der Waals surface area contributed by atoms with Gasteiger partial charge in [-0.05, 0) is 30.0 Å². The fraction of sp³-hybridized carbons (Fsp3) is 0.296. The second-order valence-electron chi connectivity index (χ2n) is 8.79. The summed E-state index contributed by atoms with van der Waals surface area (Å²) in [5.74, 6) is 1.98. The first kappa shape index (κ1) is 22.5. The highest BCUT2D eigenvalue weighted by Gasteiger charge is 2.14. The van der Waals surface area contributed by atoms with Crippen LogP contribution in [-0.4, -0.2) is 32.6 Å². The number of oxazole rings is 1. The predicted molar refractivity (Wildman–Crippen MR) is 129 cm³/mol. The summed E-state index contributed by atoms with van der Waals surface area (Å²) in [5.41, 5.74) is 4.29. The van der Waals surface area contributed by atoms with Gasteiger partial charge in [0.2, 0.25) is 5.91 Å². The first-order valence-corrected chi connectivity index (χ1v) is 11.3. The quantitative estimate of drug-likeness (QED) is 0.352. The Morgan fingerprint density at radius 2 is 1.79 bits per heavy atom. The highest BCUT2D eigenvalue weighted by molar-refractivity contribution is 5.76. The van der Waals surface area contributed by atoms with E-state index in [1.54, 1.807) is 17.3 Å². The average molecular weight is 443 g/mol. The Balaban J connectivity index is 1.29. The van der Waals surface area contributed by atoms with Gasteiger partial charge in [0.25, 0.3) is 0 Å². The monoisotopic (exact) mass is 442 g/mol. The van der Waals surface area contributed by atoms with E-state index in [9.17, 15) is 4.79 Å². The van der Waals surface area contributed by atoms with Gasteiger partial charge in [-0.25, -0.2) is 9.67 Å². The molecular weight excluding hydrogens is 412 g/mol. The lowest BCUT2D eigenvalue weighted by Gasteiger charge is -2.15. The molecule has 0 aliphatic rings. The standard InChI is InChI=1S/C27H30N4O2/c1-20(2)15-21-9-11-23(12-10-21)25-17-28-26(33-25)13-14-27(32)30(3)18-22-16-29-31(19-22)24-7-5-4-6-8-24/h4-12,16-17,19-20H,13-15,18H2,1-3H3. The van der Waals surface area contributed by atoms with E-state index in [0.29, 0.717) is 31.2 Å². The van der Waals surface area contributed by atoms with Crippen LogP contribution in [0.5, 0.6) is 0 Å². The van der Waals surface area contributed by atoms with Crippen LogP contribution in [0.3, 0.4) is 0 Å². The van der Waals surface area contributed by atoms with Crippen LogP contribution in [0.1, 0.15) is 37.3 Å². The first-order chi connectivity index (χ1) is 16.0. The largest absolute Gasteiger partial charge is 0.441 e. The second-order valence-corrected chi connectivity index (χ2v) is 8.79. The van der Waals surface area contributed by atoms with Crippen molar-refractivity contribution < 1.29 is 9.21 Å². The Morgan fingerprint density at radius 1 is 1.03 bits per heavy atom. The van der Waals surface area contributed by atoms with Crippen LogP contribution < -0.4 is 0 Å². The fourth-order valence-corrected chi connectivity index (χ4v) is 3.77. The van der Waals surface area contributed by atoms with Crippen molar-refractivity contribution >= 4 is 5.91 Å². The minimum Gasteiger partial charge on any atom is -0.441 e. The molecule has 0 unspecified atom stereocenters. The van der Waals surface area contributed by atoms with Crippen LogP contribution in [0.15, 0.2) is 77.6 Å². The zero-order valence-electron chi connectivity index (χ0n) is 19.4. The molecule has 6 nitrogen and oxygen atoms in total. The maximum atomic E-state index is 12.6. The topological polar surface area (TPSA) is 64.2 Å². The Hall–Kier alpha value is -3.67. The summed E-state index contributed by atoms with van der Waals surface area (Å²) in [6.45, 7) is 4.94. The first-order valence-electron chi connectivity index (χ1n) is 11.3. The van der Waals surface area contributed by atoms with E-state index in [1.807, 2.05) is 48.3 Å². The molecule has 0 N–H and O–H groups in total. The molecule has 0 bridgehead atoms. The summed E-state index contributed by atoms with van der Waals surface area (Å²) in [6, 6.07) is 18.3. The number of benzene rings is 2. The molecule has 0 aliphatic heterocycles. The number of amides is 1. The summed E-state index contributed by atoms with van der Waals surface area (Å²) in [5, 5.41) is 4.40. The van der Waals surface area contributed by atoms with Crippen molar-refractivity contribution in [2.24, 2.45) is 5.92 Å². The number of hydrogen-bond donors (Lipinski definition) is 0. The van der Waals surface area contributed by atoms with Crippen LogP contribution in [0.25, 0.3) is 17.0 Å². The normalized spacial score (nSPS) is 11.2. The molecule has 0 saturated carbocycles. The molecule has 0 fully saturated rings. The molecule has 0 spiro atoms. The van der Waals surface area contributed by atoms with E-state index in [1.165, 1.54) is 5.56 Å². The molecule has 2 heterocycles. The minimum absolute atomic E-state index is 0.0419. The maximum Gasteiger partial charge on any atom is 0.223 e. The van der Waals surface area contributed by atoms with Crippen molar-refractivity contribution in [3.8, 4) is 17.0 Å². The second kappa shape index (κ2) is 10.3. The van der Waals surface area contributed by atoms with Crippen molar-refractivity contribution in [1.82, 2.24) is 19.7 Å². The molecule has 4 rings (SSSR count). The lowest BCUT2D eigenvalue weighted by molar-refractivity contribution is -0.130. The number of carbonyl (C=O) groups is 1. The Morgan fingerprint density at radius 3 is 2.52 bits per heavy atom. The van der Waals surface area contributed by atoms with Crippen LogP contribution in [0, 0.1) is 5.92 Å². The highest BCUT2D eigenvalue weighted by atomic mass is 16.4. The third-order valence-electron chi connectivity index (χ3n) is 5.49. The van der Waals surface area contributed by atoms with Gasteiger partial charge in [-0.15, -0.1) is 0 Å². The number of nitrogens with zero attached hydrogens (tertiary/aromatic N) is 4. The summed E-state index contributed by atoms with van der Waals surface area (Å²) >= 11 is 0. The van der Waals surface area contributed by atoms with Gasteiger partial charge in [0.1, 0.15) is 0 Å². The maximum absolute atomic E-state index is 12.6. The van der Waals surface area contributed by atoms with Crippen LogP contribution >= 0.6 is 0 Å². The highest BCUT2D eigenvalue weighted by Crippen LogP contribution is 2.22. The third-order valence-corrected chi connectivity index (χ3v) is 5.49. The van der Waals surface area contributed by atoms with Gasteiger partial charge in [-0.3, -0.25) is 4.79 Å². The van der Waals surface area contributed by atoms with E-state index in [0.717, 1.165) is 29.0 Å².